The van der Waals surface area contributed by atoms with E-state index in [1.54, 1.807) is 36.4 Å². The first-order valence-electron chi connectivity index (χ1n) is 21.8. The van der Waals surface area contributed by atoms with Gasteiger partial charge in [-0.1, -0.05) is 38.1 Å². The Labute approximate surface area is 357 Å². The molecule has 2 aromatic heterocycles. The number of aromatic hydroxyl groups is 1. The maximum absolute atomic E-state index is 14.1. The lowest BCUT2D eigenvalue weighted by molar-refractivity contribution is -0.141. The van der Waals surface area contributed by atoms with Gasteiger partial charge < -0.3 is 34.6 Å². The lowest BCUT2D eigenvalue weighted by atomic mass is 9.91. The fourth-order valence-corrected chi connectivity index (χ4v) is 9.59. The zero-order chi connectivity index (χ0) is 42.6. The average molecular weight is 832 g/mol. The molecule has 322 valence electrons. The van der Waals surface area contributed by atoms with Crippen LogP contribution in [0.1, 0.15) is 81.0 Å². The van der Waals surface area contributed by atoms with Crippen molar-refractivity contribution in [3.8, 4) is 29.0 Å². The molecule has 15 nitrogen and oxygen atoms in total. The molecule has 2 amide bonds. The first-order valence-corrected chi connectivity index (χ1v) is 21.8. The molecule has 0 saturated carbocycles. The van der Waals surface area contributed by atoms with Crippen molar-refractivity contribution in [1.82, 2.24) is 35.4 Å². The van der Waals surface area contributed by atoms with E-state index >= 15 is 0 Å². The lowest BCUT2D eigenvalue weighted by Gasteiger charge is -2.46. The Morgan fingerprint density at radius 1 is 0.984 bits per heavy atom. The van der Waals surface area contributed by atoms with E-state index in [-0.39, 0.29) is 42.5 Å². The zero-order valence-electron chi connectivity index (χ0n) is 35.3. The molecule has 0 radical (unpaired) electrons. The predicted octanol–water partition coefficient (Wildman–Crippen LogP) is 4.52. The summed E-state index contributed by atoms with van der Waals surface area (Å²) >= 11 is 0. The van der Waals surface area contributed by atoms with E-state index in [2.05, 4.69) is 47.5 Å². The number of aryl methyl sites for hydroxylation is 1. The molecular formula is C46H57N9O6. The summed E-state index contributed by atoms with van der Waals surface area (Å²) in [5.74, 6) is 0.0217. The Balaban J connectivity index is 0.784. The third-order valence-electron chi connectivity index (χ3n) is 13.0. The third kappa shape index (κ3) is 9.51. The number of phenolic OH excluding ortho intramolecular Hbond substituents is 1. The highest BCUT2D eigenvalue weighted by molar-refractivity contribution is 5.91. The number of carbonyl (C=O) groups is 2. The molecular weight excluding hydrogens is 775 g/mol. The van der Waals surface area contributed by atoms with Crippen molar-refractivity contribution < 1.29 is 29.1 Å². The van der Waals surface area contributed by atoms with Gasteiger partial charge >= 0.3 is 0 Å². The summed E-state index contributed by atoms with van der Waals surface area (Å²) in [7, 11) is 0. The van der Waals surface area contributed by atoms with Crippen molar-refractivity contribution in [1.29, 1.82) is 5.26 Å². The number of piperidine rings is 1. The van der Waals surface area contributed by atoms with Crippen LogP contribution in [0.25, 0.3) is 11.3 Å². The third-order valence-corrected chi connectivity index (χ3v) is 13.0. The van der Waals surface area contributed by atoms with E-state index in [9.17, 15) is 19.8 Å². The van der Waals surface area contributed by atoms with Crippen molar-refractivity contribution >= 4 is 17.5 Å². The number of benzene rings is 2. The highest BCUT2D eigenvalue weighted by Gasteiger charge is 2.44. The number of carbonyl (C=O) groups excluding carboxylic acids is 2. The molecule has 0 aliphatic carbocycles. The quantitative estimate of drug-likeness (QED) is 0.171. The van der Waals surface area contributed by atoms with E-state index in [0.717, 1.165) is 88.4 Å². The summed E-state index contributed by atoms with van der Waals surface area (Å²) in [6.07, 6.45) is 3.57. The molecule has 3 N–H and O–H groups in total. The summed E-state index contributed by atoms with van der Waals surface area (Å²) in [5.41, 5.74) is 4.98. The van der Waals surface area contributed by atoms with Crippen molar-refractivity contribution in [2.24, 2.45) is 11.8 Å². The summed E-state index contributed by atoms with van der Waals surface area (Å²) in [6.45, 7) is 13.1. The van der Waals surface area contributed by atoms with E-state index in [1.165, 1.54) is 4.90 Å². The highest BCUT2D eigenvalue weighted by atomic mass is 16.5. The molecule has 5 atom stereocenters. The molecule has 4 aliphatic heterocycles. The van der Waals surface area contributed by atoms with Gasteiger partial charge in [-0.05, 0) is 98.6 Å². The number of aliphatic hydroxyl groups is 1. The van der Waals surface area contributed by atoms with Gasteiger partial charge in [-0.2, -0.15) is 10.4 Å². The number of rotatable bonds is 13. The fraction of sp³-hybridized carbons (Fsp3) is 0.522. The van der Waals surface area contributed by atoms with E-state index < -0.39 is 18.1 Å². The summed E-state index contributed by atoms with van der Waals surface area (Å²) in [4.78, 5) is 36.6. The number of ether oxygens (including phenoxy) is 1. The predicted molar refractivity (Wildman–Crippen MR) is 228 cm³/mol. The number of para-hydroxylation sites is 1. The Morgan fingerprint density at radius 3 is 2.52 bits per heavy atom. The second kappa shape index (κ2) is 18.6. The Kier molecular flexibility index (Phi) is 12.8. The molecule has 4 aliphatic rings. The number of phenols is 1. The van der Waals surface area contributed by atoms with Gasteiger partial charge in [-0.25, -0.2) is 0 Å². The van der Waals surface area contributed by atoms with Crippen LogP contribution in [0.15, 0.2) is 65.2 Å². The molecule has 8 rings (SSSR count). The first kappa shape index (κ1) is 42.1. The molecule has 3 saturated heterocycles. The van der Waals surface area contributed by atoms with Crippen molar-refractivity contribution in [2.45, 2.75) is 83.0 Å². The second-order valence-electron chi connectivity index (χ2n) is 17.5. The number of hydrogen-bond acceptors (Lipinski definition) is 13. The number of nitrogens with zero attached hydrogens (tertiary/aromatic N) is 8. The van der Waals surface area contributed by atoms with Crippen LogP contribution in [0.5, 0.6) is 11.6 Å². The van der Waals surface area contributed by atoms with Crippen LogP contribution in [0.2, 0.25) is 0 Å². The van der Waals surface area contributed by atoms with E-state index in [1.807, 2.05) is 39.0 Å². The molecule has 4 aromatic rings. The molecule has 15 heteroatoms. The van der Waals surface area contributed by atoms with Gasteiger partial charge in [0, 0.05) is 63.4 Å². The number of fused-ring (bicyclic) bond motifs is 3. The molecule has 3 fully saturated rings. The van der Waals surface area contributed by atoms with Crippen molar-refractivity contribution in [3.05, 3.63) is 83.2 Å². The zero-order valence-corrected chi connectivity index (χ0v) is 35.3. The summed E-state index contributed by atoms with van der Waals surface area (Å²) in [5, 5.41) is 46.3. The van der Waals surface area contributed by atoms with Gasteiger partial charge in [0.25, 0.3) is 5.88 Å². The maximum Gasteiger partial charge on any atom is 0.254 e. The van der Waals surface area contributed by atoms with Crippen LogP contribution < -0.4 is 15.0 Å². The molecule has 0 bridgehead atoms. The second-order valence-corrected chi connectivity index (χ2v) is 17.5. The molecule has 0 unspecified atom stereocenters. The molecule has 61 heavy (non-hydrogen) atoms. The minimum Gasteiger partial charge on any atom is -0.507 e. The van der Waals surface area contributed by atoms with Gasteiger partial charge in [0.2, 0.25) is 11.8 Å². The topological polar surface area (TPSA) is 184 Å². The summed E-state index contributed by atoms with van der Waals surface area (Å²) in [6, 6.07) is 19.4. The number of anilines is 1. The van der Waals surface area contributed by atoms with Crippen molar-refractivity contribution in [3.63, 3.8) is 0 Å². The van der Waals surface area contributed by atoms with Crippen molar-refractivity contribution in [2.75, 3.05) is 63.9 Å². The average Bonchev–Trinajstić information content (AvgIpc) is 3.90. The minimum absolute atomic E-state index is 0.0470. The monoisotopic (exact) mass is 831 g/mol. The molecule has 0 spiro atoms. The van der Waals surface area contributed by atoms with Crippen LogP contribution in [0, 0.1) is 23.2 Å². The minimum atomic E-state index is -0.838. The smallest absolute Gasteiger partial charge is 0.254 e. The SMILES string of the molecule is CC(C)[C@@H](C(=O)N1C[C@H](O)C[C@H]1C(=O)N[C@@H](C)c1ccc(C#N)cc1)c1cc(OCCN2CCC(CN3CCN4c5cc(-c6ccccc6O)nnc5CC[C@H]4C3)CC2)no1. The number of hydrogen-bond donors (Lipinski definition) is 3. The molecule has 2 aromatic carbocycles. The molecule has 6 heterocycles. The number of likely N-dealkylation sites (tertiary alicyclic amines) is 2. The Bertz CT molecular complexity index is 2200. The van der Waals surface area contributed by atoms with Crippen LogP contribution in [0.4, 0.5) is 5.69 Å². The normalized spacial score (nSPS) is 22.0. The number of aliphatic hydroxyl groups excluding tert-OH is 1. The van der Waals surface area contributed by atoms with Crippen LogP contribution >= 0.6 is 0 Å². The first-order chi connectivity index (χ1) is 29.5. The van der Waals surface area contributed by atoms with Gasteiger partial charge in [0.15, 0.2) is 5.76 Å². The Morgan fingerprint density at radius 2 is 1.77 bits per heavy atom. The number of nitrogens with one attached hydrogen (secondary N) is 1. The summed E-state index contributed by atoms with van der Waals surface area (Å²) < 4.78 is 11.7. The van der Waals surface area contributed by atoms with Gasteiger partial charge in [-0.3, -0.25) is 19.4 Å². The van der Waals surface area contributed by atoms with Gasteiger partial charge in [-0.15, -0.1) is 5.10 Å². The maximum atomic E-state index is 14.1. The van der Waals surface area contributed by atoms with Gasteiger partial charge in [0.05, 0.1) is 40.9 Å². The number of amides is 2. The fourth-order valence-electron chi connectivity index (χ4n) is 9.59. The Hall–Kier alpha value is -5.56. The number of β-amino-alcohol motifs (C(OH)–C–C–N with tert-alkyl or cyclic N) is 1. The lowest BCUT2D eigenvalue weighted by Crippen LogP contribution is -2.56. The van der Waals surface area contributed by atoms with E-state index in [0.29, 0.717) is 47.0 Å². The number of aromatic nitrogens is 3. The van der Waals surface area contributed by atoms with E-state index in [4.69, 9.17) is 14.5 Å². The number of piperazine rings is 1. The largest absolute Gasteiger partial charge is 0.507 e. The highest BCUT2D eigenvalue weighted by Crippen LogP contribution is 2.37. The standard InChI is InChI=1S/C46H57N9O6/c1-29(2)44(46(59)55-28-35(56)22-40(55)45(58)48-30(3)33-10-8-31(25-47)9-11-33)42-24-43(51-61-42)60-21-20-52-16-14-32(15-17-52)26-53-18-19-54-34(27-53)12-13-37-39(54)23-38(50-49-37)36-6-4-5-7-41(36)57/h4-11,23-24,29-30,32,34-35,40,44,56-57H,12-22,26-28H2,1-3H3,(H,48,58)/t30-,34-,35+,40-,44+/m0/s1. The number of nitriles is 1. The van der Waals surface area contributed by atoms with Crippen LogP contribution in [-0.4, -0.2) is 129 Å². The van der Waals surface area contributed by atoms with Crippen LogP contribution in [0.3, 0.4) is 0 Å². The van der Waals surface area contributed by atoms with Crippen LogP contribution in [-0.2, 0) is 16.0 Å². The van der Waals surface area contributed by atoms with Gasteiger partial charge in [0.1, 0.15) is 24.3 Å².